The van der Waals surface area contributed by atoms with Crippen molar-refractivity contribution >= 4 is 17.7 Å². The SMILES string of the molecule is CC(C)OC(=O)OCC(=O)CON=C1CCCCC1. The van der Waals surface area contributed by atoms with E-state index < -0.39 is 6.16 Å². The Balaban J connectivity index is 2.12. The molecular weight excluding hydrogens is 250 g/mol. The molecule has 1 saturated carbocycles. The number of nitrogens with zero attached hydrogens (tertiary/aromatic N) is 1. The Bertz CT molecular complexity index is 330. The van der Waals surface area contributed by atoms with Gasteiger partial charge in [0.15, 0.2) is 13.2 Å². The third-order valence-electron chi connectivity index (χ3n) is 2.53. The van der Waals surface area contributed by atoms with Crippen molar-refractivity contribution < 1.29 is 23.9 Å². The summed E-state index contributed by atoms with van der Waals surface area (Å²) in [4.78, 5) is 27.3. The van der Waals surface area contributed by atoms with Crippen molar-refractivity contribution in [2.75, 3.05) is 13.2 Å². The first-order chi connectivity index (χ1) is 9.08. The highest BCUT2D eigenvalue weighted by molar-refractivity contribution is 5.85. The molecule has 1 rings (SSSR count). The number of rotatable bonds is 6. The van der Waals surface area contributed by atoms with E-state index >= 15 is 0 Å². The van der Waals surface area contributed by atoms with Gasteiger partial charge in [0, 0.05) is 0 Å². The molecule has 0 amide bonds. The molecule has 0 N–H and O–H groups in total. The topological polar surface area (TPSA) is 74.2 Å². The highest BCUT2D eigenvalue weighted by Gasteiger charge is 2.11. The monoisotopic (exact) mass is 271 g/mol. The summed E-state index contributed by atoms with van der Waals surface area (Å²) < 4.78 is 9.34. The van der Waals surface area contributed by atoms with Gasteiger partial charge in [-0.1, -0.05) is 11.6 Å². The molecule has 1 fully saturated rings. The van der Waals surface area contributed by atoms with Crippen LogP contribution in [0.3, 0.4) is 0 Å². The molecule has 6 heteroatoms. The van der Waals surface area contributed by atoms with Crippen LogP contribution < -0.4 is 0 Å². The minimum atomic E-state index is -0.845. The van der Waals surface area contributed by atoms with E-state index in [1.807, 2.05) is 0 Å². The Labute approximate surface area is 113 Å². The van der Waals surface area contributed by atoms with E-state index in [9.17, 15) is 9.59 Å². The first-order valence-corrected chi connectivity index (χ1v) is 6.60. The standard InChI is InChI=1S/C13H21NO5/c1-10(2)19-13(16)17-8-12(15)9-18-14-11-6-4-3-5-7-11/h10H,3-9H2,1-2H3. The summed E-state index contributed by atoms with van der Waals surface area (Å²) in [6.45, 7) is 2.87. The predicted molar refractivity (Wildman–Crippen MR) is 69.0 cm³/mol. The van der Waals surface area contributed by atoms with Gasteiger partial charge in [0.1, 0.15) is 0 Å². The third-order valence-corrected chi connectivity index (χ3v) is 2.53. The summed E-state index contributed by atoms with van der Waals surface area (Å²) in [7, 11) is 0. The number of ether oxygens (including phenoxy) is 2. The molecule has 19 heavy (non-hydrogen) atoms. The largest absolute Gasteiger partial charge is 0.508 e. The summed E-state index contributed by atoms with van der Waals surface area (Å²) in [5.74, 6) is -0.346. The third kappa shape index (κ3) is 7.43. The zero-order chi connectivity index (χ0) is 14.1. The van der Waals surface area contributed by atoms with Gasteiger partial charge in [-0.3, -0.25) is 4.79 Å². The Morgan fingerprint density at radius 1 is 1.16 bits per heavy atom. The minimum Gasteiger partial charge on any atom is -0.432 e. The van der Waals surface area contributed by atoms with Gasteiger partial charge < -0.3 is 14.3 Å². The van der Waals surface area contributed by atoms with Crippen LogP contribution >= 0.6 is 0 Å². The first-order valence-electron chi connectivity index (χ1n) is 6.60. The van der Waals surface area contributed by atoms with E-state index in [1.165, 1.54) is 6.42 Å². The lowest BCUT2D eigenvalue weighted by atomic mass is 9.99. The quantitative estimate of drug-likeness (QED) is 0.548. The van der Waals surface area contributed by atoms with Gasteiger partial charge in [0.25, 0.3) is 0 Å². The summed E-state index contributed by atoms with van der Waals surface area (Å²) in [5, 5.41) is 3.92. The van der Waals surface area contributed by atoms with Gasteiger partial charge in [-0.15, -0.1) is 0 Å². The second-order valence-electron chi connectivity index (χ2n) is 4.74. The van der Waals surface area contributed by atoms with Gasteiger partial charge in [-0.25, -0.2) is 4.79 Å². The Kier molecular flexibility index (Phi) is 6.92. The maximum atomic E-state index is 11.3. The molecule has 108 valence electrons. The Hall–Kier alpha value is -1.59. The van der Waals surface area contributed by atoms with Crippen molar-refractivity contribution in [1.82, 2.24) is 0 Å². The van der Waals surface area contributed by atoms with Crippen LogP contribution in [0.2, 0.25) is 0 Å². The molecule has 0 aromatic heterocycles. The van der Waals surface area contributed by atoms with E-state index in [0.717, 1.165) is 31.4 Å². The number of carbonyl (C=O) groups is 2. The predicted octanol–water partition coefficient (Wildman–Crippen LogP) is 2.45. The van der Waals surface area contributed by atoms with Crippen molar-refractivity contribution in [3.63, 3.8) is 0 Å². The van der Waals surface area contributed by atoms with Gasteiger partial charge in [0.2, 0.25) is 5.78 Å². The molecule has 0 unspecified atom stereocenters. The number of ketones is 1. The summed E-state index contributed by atoms with van der Waals surface area (Å²) in [6.07, 6.45) is 4.24. The lowest BCUT2D eigenvalue weighted by molar-refractivity contribution is -0.127. The summed E-state index contributed by atoms with van der Waals surface area (Å²) in [5.41, 5.74) is 0.999. The van der Waals surface area contributed by atoms with Crippen molar-refractivity contribution in [3.05, 3.63) is 0 Å². The molecule has 0 aromatic carbocycles. The van der Waals surface area contributed by atoms with Crippen LogP contribution in [0.25, 0.3) is 0 Å². The molecular formula is C13H21NO5. The highest BCUT2D eigenvalue weighted by Crippen LogP contribution is 2.14. The van der Waals surface area contributed by atoms with Crippen molar-refractivity contribution in [3.8, 4) is 0 Å². The molecule has 0 radical (unpaired) electrons. The zero-order valence-electron chi connectivity index (χ0n) is 11.5. The molecule has 0 heterocycles. The molecule has 0 saturated heterocycles. The smallest absolute Gasteiger partial charge is 0.432 e. The van der Waals surface area contributed by atoms with Crippen LogP contribution in [0.5, 0.6) is 0 Å². The number of oxime groups is 1. The van der Waals surface area contributed by atoms with Gasteiger partial charge >= 0.3 is 6.16 Å². The molecule has 6 nitrogen and oxygen atoms in total. The maximum absolute atomic E-state index is 11.3. The van der Waals surface area contributed by atoms with Crippen LogP contribution in [0.1, 0.15) is 46.0 Å². The molecule has 0 atom stereocenters. The van der Waals surface area contributed by atoms with E-state index in [4.69, 9.17) is 9.57 Å². The Morgan fingerprint density at radius 2 is 1.84 bits per heavy atom. The average Bonchev–Trinajstić information content (AvgIpc) is 2.37. The van der Waals surface area contributed by atoms with Crippen LogP contribution in [0.15, 0.2) is 5.16 Å². The van der Waals surface area contributed by atoms with Crippen LogP contribution in [0, 0.1) is 0 Å². The molecule has 1 aliphatic carbocycles. The number of Topliss-reactive ketones (excluding diaryl/α,β-unsaturated/α-hetero) is 1. The van der Waals surface area contributed by atoms with Crippen LogP contribution in [-0.4, -0.2) is 37.0 Å². The number of hydrogen-bond donors (Lipinski definition) is 0. The van der Waals surface area contributed by atoms with Crippen LogP contribution in [-0.2, 0) is 19.1 Å². The fourth-order valence-corrected chi connectivity index (χ4v) is 1.65. The Morgan fingerprint density at radius 3 is 2.47 bits per heavy atom. The molecule has 0 aliphatic heterocycles. The normalized spacial score (nSPS) is 15.0. The fraction of sp³-hybridized carbons (Fsp3) is 0.769. The average molecular weight is 271 g/mol. The van der Waals surface area contributed by atoms with E-state index in [-0.39, 0.29) is 25.1 Å². The number of hydrogen-bond acceptors (Lipinski definition) is 6. The van der Waals surface area contributed by atoms with E-state index in [2.05, 4.69) is 9.89 Å². The minimum absolute atomic E-state index is 0.182. The van der Waals surface area contributed by atoms with E-state index in [0.29, 0.717) is 0 Å². The molecule has 0 bridgehead atoms. The lowest BCUT2D eigenvalue weighted by Gasteiger charge is -2.11. The van der Waals surface area contributed by atoms with Crippen molar-refractivity contribution in [2.45, 2.75) is 52.1 Å². The lowest BCUT2D eigenvalue weighted by Crippen LogP contribution is -2.20. The number of carbonyl (C=O) groups excluding carboxylic acids is 2. The van der Waals surface area contributed by atoms with Gasteiger partial charge in [-0.2, -0.15) is 0 Å². The van der Waals surface area contributed by atoms with Crippen molar-refractivity contribution in [1.29, 1.82) is 0 Å². The highest BCUT2D eigenvalue weighted by atomic mass is 16.7. The van der Waals surface area contributed by atoms with Gasteiger partial charge in [-0.05, 0) is 39.5 Å². The molecule has 0 spiro atoms. The van der Waals surface area contributed by atoms with Gasteiger partial charge in [0.05, 0.1) is 11.8 Å². The zero-order valence-corrected chi connectivity index (χ0v) is 11.5. The first kappa shape index (κ1) is 15.5. The second kappa shape index (κ2) is 8.50. The fourth-order valence-electron chi connectivity index (χ4n) is 1.65. The second-order valence-corrected chi connectivity index (χ2v) is 4.74. The summed E-state index contributed by atoms with van der Waals surface area (Å²) >= 11 is 0. The summed E-state index contributed by atoms with van der Waals surface area (Å²) in [6, 6.07) is 0. The molecule has 1 aliphatic rings. The molecule has 0 aromatic rings. The maximum Gasteiger partial charge on any atom is 0.508 e. The van der Waals surface area contributed by atoms with Crippen molar-refractivity contribution in [2.24, 2.45) is 5.16 Å². The van der Waals surface area contributed by atoms with Crippen LogP contribution in [0.4, 0.5) is 4.79 Å². The van der Waals surface area contributed by atoms with E-state index in [1.54, 1.807) is 13.8 Å².